The van der Waals surface area contributed by atoms with Crippen LogP contribution < -0.4 is 10.5 Å². The summed E-state index contributed by atoms with van der Waals surface area (Å²) in [7, 11) is 0. The van der Waals surface area contributed by atoms with Crippen LogP contribution in [0.15, 0.2) is 54.9 Å². The molecule has 1 aromatic heterocycles. The number of aliphatic hydroxyl groups excluding tert-OH is 2. The fourth-order valence-corrected chi connectivity index (χ4v) is 2.52. The van der Waals surface area contributed by atoms with E-state index >= 15 is 0 Å². The SMILES string of the molecule is NC(=O)c1ccc2cncc(-c3ccc(OCC(O)CO)cc3)c2c1. The van der Waals surface area contributed by atoms with Gasteiger partial charge in [0.25, 0.3) is 0 Å². The van der Waals surface area contributed by atoms with Crippen molar-refractivity contribution in [2.75, 3.05) is 13.2 Å². The van der Waals surface area contributed by atoms with Gasteiger partial charge in [0.05, 0.1) is 6.61 Å². The summed E-state index contributed by atoms with van der Waals surface area (Å²) in [6.07, 6.45) is 2.56. The first-order valence-corrected chi connectivity index (χ1v) is 7.78. The average molecular weight is 338 g/mol. The van der Waals surface area contributed by atoms with E-state index < -0.39 is 12.0 Å². The van der Waals surface area contributed by atoms with Crippen LogP contribution in [0.5, 0.6) is 5.75 Å². The van der Waals surface area contributed by atoms with E-state index in [9.17, 15) is 9.90 Å². The largest absolute Gasteiger partial charge is 0.491 e. The average Bonchev–Trinajstić information content (AvgIpc) is 2.65. The molecule has 3 aromatic rings. The molecular formula is C19H18N2O4. The molecule has 2 aromatic carbocycles. The number of aromatic nitrogens is 1. The summed E-state index contributed by atoms with van der Waals surface area (Å²) in [6.45, 7) is -0.324. The zero-order valence-corrected chi connectivity index (χ0v) is 13.4. The summed E-state index contributed by atoms with van der Waals surface area (Å²) in [4.78, 5) is 15.7. The molecule has 25 heavy (non-hydrogen) atoms. The number of hydrogen-bond acceptors (Lipinski definition) is 5. The van der Waals surface area contributed by atoms with E-state index in [1.807, 2.05) is 18.2 Å². The number of primary amides is 1. The van der Waals surface area contributed by atoms with E-state index in [2.05, 4.69) is 4.98 Å². The lowest BCUT2D eigenvalue weighted by molar-refractivity contribution is 0.0536. The number of nitrogens with two attached hydrogens (primary N) is 1. The molecule has 6 nitrogen and oxygen atoms in total. The number of pyridine rings is 1. The van der Waals surface area contributed by atoms with Gasteiger partial charge in [0, 0.05) is 28.9 Å². The molecule has 0 spiro atoms. The van der Waals surface area contributed by atoms with E-state index in [1.165, 1.54) is 0 Å². The highest BCUT2D eigenvalue weighted by molar-refractivity contribution is 6.02. The summed E-state index contributed by atoms with van der Waals surface area (Å²) in [6, 6.07) is 12.5. The van der Waals surface area contributed by atoms with Gasteiger partial charge in [0.1, 0.15) is 18.5 Å². The second-order valence-electron chi connectivity index (χ2n) is 5.66. The van der Waals surface area contributed by atoms with Gasteiger partial charge in [-0.15, -0.1) is 0 Å². The van der Waals surface area contributed by atoms with Crippen molar-refractivity contribution in [2.45, 2.75) is 6.10 Å². The van der Waals surface area contributed by atoms with Crippen molar-refractivity contribution in [3.63, 3.8) is 0 Å². The number of amides is 1. The number of ether oxygens (including phenoxy) is 1. The molecule has 0 saturated carbocycles. The van der Waals surface area contributed by atoms with E-state index in [1.54, 1.807) is 36.7 Å². The maximum Gasteiger partial charge on any atom is 0.248 e. The number of fused-ring (bicyclic) bond motifs is 1. The van der Waals surface area contributed by atoms with Crippen molar-refractivity contribution in [2.24, 2.45) is 5.73 Å². The van der Waals surface area contributed by atoms with E-state index in [0.717, 1.165) is 21.9 Å². The quantitative estimate of drug-likeness (QED) is 0.635. The van der Waals surface area contributed by atoms with Gasteiger partial charge in [-0.3, -0.25) is 9.78 Å². The summed E-state index contributed by atoms with van der Waals surface area (Å²) in [5, 5.41) is 19.9. The Bertz CT molecular complexity index is 894. The minimum atomic E-state index is -0.908. The number of nitrogens with zero attached hydrogens (tertiary/aromatic N) is 1. The molecule has 1 amide bonds. The first-order chi connectivity index (χ1) is 12.1. The fraction of sp³-hybridized carbons (Fsp3) is 0.158. The van der Waals surface area contributed by atoms with Crippen LogP contribution >= 0.6 is 0 Å². The molecule has 128 valence electrons. The van der Waals surface area contributed by atoms with Crippen molar-refractivity contribution < 1.29 is 19.7 Å². The summed E-state index contributed by atoms with van der Waals surface area (Å²) in [5.41, 5.74) is 7.60. The molecule has 0 saturated heterocycles. The highest BCUT2D eigenvalue weighted by Gasteiger charge is 2.09. The van der Waals surface area contributed by atoms with Gasteiger partial charge in [-0.2, -0.15) is 0 Å². The molecule has 1 heterocycles. The summed E-state index contributed by atoms with van der Waals surface area (Å²) in [5.74, 6) is 0.109. The van der Waals surface area contributed by atoms with Gasteiger partial charge < -0.3 is 20.7 Å². The lowest BCUT2D eigenvalue weighted by Crippen LogP contribution is -2.21. The molecule has 4 N–H and O–H groups in total. The van der Waals surface area contributed by atoms with E-state index in [4.69, 9.17) is 15.6 Å². The Morgan fingerprint density at radius 1 is 1.16 bits per heavy atom. The van der Waals surface area contributed by atoms with Crippen LogP contribution in [0, 0.1) is 0 Å². The molecule has 0 fully saturated rings. The molecule has 3 rings (SSSR count). The Kier molecular flexibility index (Phi) is 4.92. The van der Waals surface area contributed by atoms with Crippen molar-refractivity contribution in [3.8, 4) is 16.9 Å². The topological polar surface area (TPSA) is 106 Å². The highest BCUT2D eigenvalue weighted by atomic mass is 16.5. The normalized spacial score (nSPS) is 12.1. The third kappa shape index (κ3) is 3.76. The fourth-order valence-electron chi connectivity index (χ4n) is 2.52. The zero-order valence-electron chi connectivity index (χ0n) is 13.4. The van der Waals surface area contributed by atoms with Gasteiger partial charge in [-0.05, 0) is 35.2 Å². The molecule has 0 aliphatic rings. The number of benzene rings is 2. The molecular weight excluding hydrogens is 320 g/mol. The van der Waals surface area contributed by atoms with Crippen LogP contribution in [-0.4, -0.2) is 40.4 Å². The van der Waals surface area contributed by atoms with Crippen molar-refractivity contribution in [3.05, 3.63) is 60.4 Å². The monoisotopic (exact) mass is 338 g/mol. The molecule has 0 bridgehead atoms. The summed E-state index contributed by atoms with van der Waals surface area (Å²) < 4.78 is 5.40. The van der Waals surface area contributed by atoms with Crippen molar-refractivity contribution >= 4 is 16.7 Å². The Labute approximate surface area is 144 Å². The number of carbonyl (C=O) groups excluding carboxylic acids is 1. The van der Waals surface area contributed by atoms with Gasteiger partial charge in [0.15, 0.2) is 0 Å². The van der Waals surface area contributed by atoms with Gasteiger partial charge in [0.2, 0.25) is 5.91 Å². The van der Waals surface area contributed by atoms with Gasteiger partial charge in [-0.25, -0.2) is 0 Å². The van der Waals surface area contributed by atoms with Gasteiger partial charge in [-0.1, -0.05) is 18.2 Å². The third-order valence-electron chi connectivity index (χ3n) is 3.86. The van der Waals surface area contributed by atoms with Crippen LogP contribution in [0.25, 0.3) is 21.9 Å². The summed E-state index contributed by atoms with van der Waals surface area (Å²) >= 11 is 0. The van der Waals surface area contributed by atoms with Crippen molar-refractivity contribution in [1.29, 1.82) is 0 Å². The third-order valence-corrected chi connectivity index (χ3v) is 3.86. The molecule has 0 radical (unpaired) electrons. The van der Waals surface area contributed by atoms with Gasteiger partial charge >= 0.3 is 0 Å². The first-order valence-electron chi connectivity index (χ1n) is 7.78. The number of aliphatic hydroxyl groups is 2. The Morgan fingerprint density at radius 2 is 1.92 bits per heavy atom. The predicted molar refractivity (Wildman–Crippen MR) is 94.3 cm³/mol. The lowest BCUT2D eigenvalue weighted by Gasteiger charge is -2.11. The lowest BCUT2D eigenvalue weighted by atomic mass is 9.99. The number of carbonyl (C=O) groups is 1. The zero-order chi connectivity index (χ0) is 17.8. The molecule has 0 aliphatic carbocycles. The standard InChI is InChI=1S/C19H18N2O4/c20-19(24)13-1-2-14-8-21-9-18(17(14)7-13)12-3-5-16(6-4-12)25-11-15(23)10-22/h1-9,15,22-23H,10-11H2,(H2,20,24). The minimum Gasteiger partial charge on any atom is -0.491 e. The van der Waals surface area contributed by atoms with Crippen LogP contribution in [0.2, 0.25) is 0 Å². The highest BCUT2D eigenvalue weighted by Crippen LogP contribution is 2.29. The second kappa shape index (κ2) is 7.29. The Morgan fingerprint density at radius 3 is 2.60 bits per heavy atom. The molecule has 0 aliphatic heterocycles. The molecule has 1 atom stereocenters. The maximum atomic E-state index is 11.4. The smallest absolute Gasteiger partial charge is 0.248 e. The Hall–Kier alpha value is -2.96. The van der Waals surface area contributed by atoms with Crippen LogP contribution in [0.3, 0.4) is 0 Å². The van der Waals surface area contributed by atoms with Crippen LogP contribution in [0.1, 0.15) is 10.4 Å². The first kappa shape index (κ1) is 16.9. The van der Waals surface area contributed by atoms with Crippen LogP contribution in [-0.2, 0) is 0 Å². The predicted octanol–water partition coefficient (Wildman–Crippen LogP) is 1.73. The minimum absolute atomic E-state index is 0.0215. The second-order valence-corrected chi connectivity index (χ2v) is 5.66. The van der Waals surface area contributed by atoms with Crippen molar-refractivity contribution in [1.82, 2.24) is 4.98 Å². The van der Waals surface area contributed by atoms with E-state index in [-0.39, 0.29) is 13.2 Å². The van der Waals surface area contributed by atoms with Crippen LogP contribution in [0.4, 0.5) is 0 Å². The number of hydrogen-bond donors (Lipinski definition) is 3. The maximum absolute atomic E-state index is 11.4. The molecule has 1 unspecified atom stereocenters. The molecule has 6 heteroatoms. The number of rotatable bonds is 6. The van der Waals surface area contributed by atoms with E-state index in [0.29, 0.717) is 11.3 Å². The Balaban J connectivity index is 1.93.